The van der Waals surface area contributed by atoms with Crippen LogP contribution in [0.25, 0.3) is 0 Å². The summed E-state index contributed by atoms with van der Waals surface area (Å²) in [7, 11) is -11.7. The highest BCUT2D eigenvalue weighted by Gasteiger charge is 1.18. The highest BCUT2D eigenvalue weighted by molar-refractivity contribution is 6.24. The molecule has 0 aliphatic heterocycles. The molecule has 0 saturated carbocycles. The van der Waals surface area contributed by atoms with Crippen LogP contribution in [0.15, 0.2) is 0 Å². The average Bonchev–Trinajstić information content (AvgIpc) is 1.76. The predicted octanol–water partition coefficient (Wildman–Crippen LogP) is -24.0. The van der Waals surface area contributed by atoms with E-state index in [1.807, 2.05) is 0 Å². The summed E-state index contributed by atoms with van der Waals surface area (Å²) in [6, 6.07) is 0. The Balaban J connectivity index is -0.00000000545. The molecule has 0 unspecified atom stereocenters. The van der Waals surface area contributed by atoms with Gasteiger partial charge < -0.3 is 115 Å². The number of hydrogen-bond acceptors (Lipinski definition) is 12. The maximum absolute atomic E-state index is 8.42. The first kappa shape index (κ1) is 116. The van der Waals surface area contributed by atoms with Crippen molar-refractivity contribution < 1.29 is 115 Å². The molecule has 22 nitrogen and oxygen atoms in total. The average molecular weight is 415 g/mol. The standard InChI is InChI=1S/4BO3.10H2O/c4*2-1(3)4;;;;;;;;;;/h;;;;10*1H2/q4*-3;;;;;;;;;;. The summed E-state index contributed by atoms with van der Waals surface area (Å²) in [5, 5.41) is 101. The van der Waals surface area contributed by atoms with E-state index in [2.05, 4.69) is 0 Å². The highest BCUT2D eigenvalue weighted by Crippen LogP contribution is 1.00. The van der Waals surface area contributed by atoms with Gasteiger partial charge in [-0.25, -0.2) is 0 Å². The van der Waals surface area contributed by atoms with Gasteiger partial charge in [0.05, 0.1) is 0 Å². The molecule has 0 heterocycles. The van der Waals surface area contributed by atoms with Gasteiger partial charge in [0, 0.05) is 0 Å². The zero-order valence-corrected chi connectivity index (χ0v) is 12.2. The first-order valence-electron chi connectivity index (χ1n) is 2.83. The molecule has 0 rings (SSSR count). The van der Waals surface area contributed by atoms with Crippen molar-refractivity contribution >= 4 is 29.3 Å². The van der Waals surface area contributed by atoms with Gasteiger partial charge in [-0.1, -0.05) is 0 Å². The first-order valence-corrected chi connectivity index (χ1v) is 2.83. The maximum atomic E-state index is 8.42. The topological polar surface area (TPSA) is 592 Å². The van der Waals surface area contributed by atoms with Crippen molar-refractivity contribution in [2.24, 2.45) is 0 Å². The monoisotopic (exact) mass is 416 g/mol. The Labute approximate surface area is 145 Å². The second-order valence-electron chi connectivity index (χ2n) is 1.15. The van der Waals surface area contributed by atoms with Crippen LogP contribution in [0.2, 0.25) is 0 Å². The molecule has 20 N–H and O–H groups in total. The maximum Gasteiger partial charge on any atom is -0.278 e. The van der Waals surface area contributed by atoms with Crippen LogP contribution >= 0.6 is 0 Å². The Morgan fingerprint density at radius 3 is 0.192 bits per heavy atom. The van der Waals surface area contributed by atoms with Crippen LogP contribution in [0, 0.1) is 0 Å². The highest BCUT2D eigenvalue weighted by atomic mass is 16.5. The lowest BCUT2D eigenvalue weighted by atomic mass is 10.3. The minimum atomic E-state index is -2.92. The predicted molar refractivity (Wildman–Crippen MR) is 59.2 cm³/mol. The van der Waals surface area contributed by atoms with Crippen LogP contribution in [-0.4, -0.2) is 84.0 Å². The van der Waals surface area contributed by atoms with E-state index in [9.17, 15) is 0 Å². The zero-order valence-electron chi connectivity index (χ0n) is 12.2. The molecule has 0 amide bonds. The molecule has 0 spiro atoms. The van der Waals surface area contributed by atoms with Crippen LogP contribution in [0.5, 0.6) is 0 Å². The third kappa shape index (κ3) is 30400. The minimum Gasteiger partial charge on any atom is -0.907 e. The Morgan fingerprint density at radius 1 is 0.192 bits per heavy atom. The van der Waals surface area contributed by atoms with Gasteiger partial charge in [0.25, 0.3) is 0 Å². The van der Waals surface area contributed by atoms with E-state index >= 15 is 0 Å². The summed E-state index contributed by atoms with van der Waals surface area (Å²) in [4.78, 5) is 0. The van der Waals surface area contributed by atoms with E-state index in [1.165, 1.54) is 0 Å². The van der Waals surface area contributed by atoms with Gasteiger partial charge in [-0.15, -0.1) is 0 Å². The molecule has 0 aromatic rings. The molecule has 176 valence electrons. The zero-order chi connectivity index (χ0) is 14.3. The molecular weight excluding hydrogens is 395 g/mol. The smallest absolute Gasteiger partial charge is 0.278 e. The molecular formula is H20B4O22-12. The third-order valence-corrected chi connectivity index (χ3v) is 0. The van der Waals surface area contributed by atoms with Gasteiger partial charge >= 0.3 is 0 Å². The summed E-state index contributed by atoms with van der Waals surface area (Å²) < 4.78 is 0. The summed E-state index contributed by atoms with van der Waals surface area (Å²) in [6.45, 7) is 0. The van der Waals surface area contributed by atoms with E-state index in [1.54, 1.807) is 0 Å². The molecule has 0 atom stereocenters. The van der Waals surface area contributed by atoms with E-state index in [0.717, 1.165) is 0 Å². The van der Waals surface area contributed by atoms with Gasteiger partial charge in [0.15, 0.2) is 0 Å². The third-order valence-electron chi connectivity index (χ3n) is 0. The molecule has 0 aromatic heterocycles. The van der Waals surface area contributed by atoms with Crippen molar-refractivity contribution in [2.45, 2.75) is 0 Å². The molecule has 0 fully saturated rings. The number of rotatable bonds is 0. The molecule has 0 aliphatic carbocycles. The fraction of sp³-hybridized carbons (Fsp3) is 0. The molecule has 0 aromatic carbocycles. The second kappa shape index (κ2) is 103. The summed E-state index contributed by atoms with van der Waals surface area (Å²) in [5.41, 5.74) is 0. The normalized spacial score (nSPS) is 4.15. The van der Waals surface area contributed by atoms with Gasteiger partial charge in [-0.3, -0.25) is 29.3 Å². The molecule has 0 bridgehead atoms. The van der Waals surface area contributed by atoms with Crippen molar-refractivity contribution in [2.75, 3.05) is 0 Å². The fourth-order valence-corrected chi connectivity index (χ4v) is 0. The Hall–Kier alpha value is -0.620. The van der Waals surface area contributed by atoms with Crippen molar-refractivity contribution in [3.63, 3.8) is 0 Å². The summed E-state index contributed by atoms with van der Waals surface area (Å²) in [6.07, 6.45) is 0. The largest absolute Gasteiger partial charge is 0.907 e. The minimum absolute atomic E-state index is 0. The first-order chi connectivity index (χ1) is 6.93. The van der Waals surface area contributed by atoms with Gasteiger partial charge in [0.2, 0.25) is 0 Å². The van der Waals surface area contributed by atoms with Crippen molar-refractivity contribution in [3.8, 4) is 0 Å². The quantitative estimate of drug-likeness (QED) is 0.332. The van der Waals surface area contributed by atoms with E-state index in [4.69, 9.17) is 60.3 Å². The summed E-state index contributed by atoms with van der Waals surface area (Å²) >= 11 is 0. The lowest BCUT2D eigenvalue weighted by Crippen LogP contribution is -2.56. The van der Waals surface area contributed by atoms with Crippen molar-refractivity contribution in [1.29, 1.82) is 0 Å². The Bertz CT molecular complexity index is 59.1. The second-order valence-corrected chi connectivity index (χ2v) is 1.15. The van der Waals surface area contributed by atoms with Crippen molar-refractivity contribution in [1.82, 2.24) is 0 Å². The van der Waals surface area contributed by atoms with Crippen molar-refractivity contribution in [3.05, 3.63) is 0 Å². The van der Waals surface area contributed by atoms with Crippen LogP contribution in [0.4, 0.5) is 0 Å². The van der Waals surface area contributed by atoms with Crippen LogP contribution in [0.1, 0.15) is 0 Å². The van der Waals surface area contributed by atoms with Crippen LogP contribution in [-0.2, 0) is 0 Å². The Morgan fingerprint density at radius 2 is 0.192 bits per heavy atom. The van der Waals surface area contributed by atoms with Gasteiger partial charge in [0.1, 0.15) is 0 Å². The van der Waals surface area contributed by atoms with Crippen LogP contribution < -0.4 is 60.3 Å². The lowest BCUT2D eigenvalue weighted by molar-refractivity contribution is -0.481. The lowest BCUT2D eigenvalue weighted by Gasteiger charge is -2.35. The van der Waals surface area contributed by atoms with Crippen LogP contribution in [0.3, 0.4) is 0 Å². The SMILES string of the molecule is O.O.O.O.O.O.O.O.O.O.[O-]B([O-])[O-].[O-]B([O-])[O-].[O-]B([O-])[O-].[O-]B([O-])[O-]. The van der Waals surface area contributed by atoms with Gasteiger partial charge in [-0.05, 0) is 0 Å². The van der Waals surface area contributed by atoms with Gasteiger partial charge in [-0.2, -0.15) is 0 Å². The molecule has 26 heavy (non-hydrogen) atoms. The summed E-state index contributed by atoms with van der Waals surface area (Å²) in [5.74, 6) is 0. The number of hydrogen-bond donors (Lipinski definition) is 0. The molecule has 26 heteroatoms. The molecule has 0 saturated heterocycles. The van der Waals surface area contributed by atoms with E-state index < -0.39 is 29.3 Å². The molecule has 0 aliphatic rings. The Kier molecular flexibility index (Phi) is 461. The van der Waals surface area contributed by atoms with E-state index in [-0.39, 0.29) is 54.8 Å². The van der Waals surface area contributed by atoms with E-state index in [0.29, 0.717) is 0 Å². The fourth-order valence-electron chi connectivity index (χ4n) is 0. The molecule has 0 radical (unpaired) electrons.